The molecule has 0 fully saturated rings. The van der Waals surface area contributed by atoms with Crippen LogP contribution < -0.4 is 4.74 Å². The lowest BCUT2D eigenvalue weighted by Crippen LogP contribution is -2.02. The molecule has 0 radical (unpaired) electrons. The third-order valence-electron chi connectivity index (χ3n) is 4.26. The predicted octanol–water partition coefficient (Wildman–Crippen LogP) is 4.35. The highest BCUT2D eigenvalue weighted by atomic mass is 19.1. The molecule has 0 unspecified atom stereocenters. The topological polar surface area (TPSA) is 35.0 Å². The molecule has 0 amide bonds. The molecule has 2 aromatic heterocycles. The van der Waals surface area contributed by atoms with Crippen LogP contribution in [0.25, 0.3) is 11.1 Å². The van der Waals surface area contributed by atoms with Crippen LogP contribution in [0.3, 0.4) is 0 Å². The second-order valence-corrected chi connectivity index (χ2v) is 5.91. The number of hydrogen-bond donors (Lipinski definition) is 0. The summed E-state index contributed by atoms with van der Waals surface area (Å²) in [5.74, 6) is 0.340. The zero-order chi connectivity index (χ0) is 16.4. The number of pyridine rings is 2. The van der Waals surface area contributed by atoms with Gasteiger partial charge >= 0.3 is 0 Å². The zero-order valence-electron chi connectivity index (χ0n) is 13.2. The summed E-state index contributed by atoms with van der Waals surface area (Å²) in [6, 6.07) is 14.3. The van der Waals surface area contributed by atoms with Gasteiger partial charge in [-0.2, -0.15) is 0 Å². The van der Waals surface area contributed by atoms with Crippen LogP contribution >= 0.6 is 0 Å². The highest BCUT2D eigenvalue weighted by Gasteiger charge is 2.19. The SMILES string of the molecule is Fc1cccc(-c2cc(OCc3ccccn3)nc3c2CCC3)c1. The van der Waals surface area contributed by atoms with Crippen molar-refractivity contribution in [3.05, 3.63) is 77.5 Å². The Morgan fingerprint density at radius 1 is 1.04 bits per heavy atom. The summed E-state index contributed by atoms with van der Waals surface area (Å²) in [5.41, 5.74) is 5.02. The average Bonchev–Trinajstić information content (AvgIpc) is 3.08. The first-order valence-corrected chi connectivity index (χ1v) is 8.11. The van der Waals surface area contributed by atoms with Gasteiger partial charge in [0.05, 0.1) is 5.69 Å². The van der Waals surface area contributed by atoms with Gasteiger partial charge in [0.1, 0.15) is 12.4 Å². The molecule has 1 aromatic carbocycles. The first-order valence-electron chi connectivity index (χ1n) is 8.11. The van der Waals surface area contributed by atoms with E-state index in [2.05, 4.69) is 9.97 Å². The standard InChI is InChI=1S/C20H17FN2O/c21-15-6-3-5-14(11-15)18-12-20(23-19-9-4-8-17(18)19)24-13-16-7-1-2-10-22-16/h1-3,5-7,10-12H,4,8-9,13H2. The fourth-order valence-corrected chi connectivity index (χ4v) is 3.14. The Hall–Kier alpha value is -2.75. The van der Waals surface area contributed by atoms with Crippen molar-refractivity contribution in [3.63, 3.8) is 0 Å². The molecule has 0 N–H and O–H groups in total. The first kappa shape index (κ1) is 14.8. The molecule has 1 aliphatic carbocycles. The molecule has 0 saturated carbocycles. The summed E-state index contributed by atoms with van der Waals surface area (Å²) in [4.78, 5) is 8.89. The highest BCUT2D eigenvalue weighted by Crippen LogP contribution is 2.34. The second-order valence-electron chi connectivity index (χ2n) is 5.91. The third kappa shape index (κ3) is 3.00. The number of fused-ring (bicyclic) bond motifs is 1. The van der Waals surface area contributed by atoms with E-state index in [0.29, 0.717) is 12.5 Å². The molecule has 4 rings (SSSR count). The predicted molar refractivity (Wildman–Crippen MR) is 90.2 cm³/mol. The van der Waals surface area contributed by atoms with Crippen molar-refractivity contribution in [3.8, 4) is 17.0 Å². The Balaban J connectivity index is 1.68. The molecule has 0 saturated heterocycles. The van der Waals surface area contributed by atoms with Crippen molar-refractivity contribution in [1.82, 2.24) is 9.97 Å². The Labute approximate surface area is 140 Å². The van der Waals surface area contributed by atoms with Gasteiger partial charge in [0.15, 0.2) is 0 Å². The molecule has 4 heteroatoms. The normalized spacial score (nSPS) is 12.9. The van der Waals surface area contributed by atoms with Gasteiger partial charge in [-0.15, -0.1) is 0 Å². The van der Waals surface area contributed by atoms with Gasteiger partial charge < -0.3 is 4.74 Å². The highest BCUT2D eigenvalue weighted by molar-refractivity contribution is 5.70. The molecule has 0 bridgehead atoms. The number of rotatable bonds is 4. The fourth-order valence-electron chi connectivity index (χ4n) is 3.14. The molecule has 3 aromatic rings. The lowest BCUT2D eigenvalue weighted by atomic mass is 10.00. The van der Waals surface area contributed by atoms with Crippen molar-refractivity contribution < 1.29 is 9.13 Å². The van der Waals surface area contributed by atoms with E-state index in [1.165, 1.54) is 11.6 Å². The van der Waals surface area contributed by atoms with Gasteiger partial charge in [-0.05, 0) is 60.2 Å². The van der Waals surface area contributed by atoms with Gasteiger partial charge in [0, 0.05) is 18.0 Å². The molecule has 120 valence electrons. The van der Waals surface area contributed by atoms with Gasteiger partial charge in [-0.25, -0.2) is 9.37 Å². The minimum Gasteiger partial charge on any atom is -0.471 e. The number of halogens is 1. The summed E-state index contributed by atoms with van der Waals surface area (Å²) in [6.07, 6.45) is 4.74. The number of nitrogens with zero attached hydrogens (tertiary/aromatic N) is 2. The maximum absolute atomic E-state index is 13.6. The van der Waals surface area contributed by atoms with Crippen LogP contribution in [0, 0.1) is 5.82 Å². The van der Waals surface area contributed by atoms with Crippen LogP contribution in [0.1, 0.15) is 23.4 Å². The summed E-state index contributed by atoms with van der Waals surface area (Å²) in [5, 5.41) is 0. The molecular formula is C20H17FN2O. The first-order chi connectivity index (χ1) is 11.8. The molecule has 2 heterocycles. The number of aromatic nitrogens is 2. The van der Waals surface area contributed by atoms with Gasteiger partial charge in [0.2, 0.25) is 5.88 Å². The number of ether oxygens (including phenoxy) is 1. The number of hydrogen-bond acceptors (Lipinski definition) is 3. The zero-order valence-corrected chi connectivity index (χ0v) is 13.2. The Morgan fingerprint density at radius 2 is 2.00 bits per heavy atom. The van der Waals surface area contributed by atoms with Crippen LogP contribution in [0.5, 0.6) is 5.88 Å². The van der Waals surface area contributed by atoms with Crippen molar-refractivity contribution >= 4 is 0 Å². The van der Waals surface area contributed by atoms with E-state index < -0.39 is 0 Å². The largest absolute Gasteiger partial charge is 0.471 e. The summed E-state index contributed by atoms with van der Waals surface area (Å²) >= 11 is 0. The fraction of sp³-hybridized carbons (Fsp3) is 0.200. The molecule has 0 atom stereocenters. The van der Waals surface area contributed by atoms with Crippen LogP contribution in [0.2, 0.25) is 0 Å². The molecule has 1 aliphatic rings. The van der Waals surface area contributed by atoms with Gasteiger partial charge in [0.25, 0.3) is 0 Å². The lowest BCUT2D eigenvalue weighted by Gasteiger charge is -2.12. The van der Waals surface area contributed by atoms with Crippen molar-refractivity contribution in [1.29, 1.82) is 0 Å². The maximum atomic E-state index is 13.6. The van der Waals surface area contributed by atoms with Gasteiger partial charge in [-0.1, -0.05) is 18.2 Å². The van der Waals surface area contributed by atoms with E-state index in [4.69, 9.17) is 4.74 Å². The quantitative estimate of drug-likeness (QED) is 0.717. The van der Waals surface area contributed by atoms with E-state index in [-0.39, 0.29) is 5.82 Å². The molecular weight excluding hydrogens is 303 g/mol. The van der Waals surface area contributed by atoms with Crippen LogP contribution in [0.4, 0.5) is 4.39 Å². The second kappa shape index (κ2) is 6.40. The third-order valence-corrected chi connectivity index (χ3v) is 4.26. The molecule has 24 heavy (non-hydrogen) atoms. The van der Waals surface area contributed by atoms with E-state index >= 15 is 0 Å². The van der Waals surface area contributed by atoms with Crippen molar-refractivity contribution in [2.24, 2.45) is 0 Å². The molecule has 0 spiro atoms. The molecule has 3 nitrogen and oxygen atoms in total. The number of aryl methyl sites for hydroxylation is 1. The summed E-state index contributed by atoms with van der Waals surface area (Å²) < 4.78 is 19.5. The van der Waals surface area contributed by atoms with E-state index in [1.54, 1.807) is 18.3 Å². The van der Waals surface area contributed by atoms with Crippen LogP contribution in [0.15, 0.2) is 54.7 Å². The van der Waals surface area contributed by atoms with Crippen molar-refractivity contribution in [2.45, 2.75) is 25.9 Å². The van der Waals surface area contributed by atoms with Gasteiger partial charge in [-0.3, -0.25) is 4.98 Å². The van der Waals surface area contributed by atoms with E-state index in [9.17, 15) is 4.39 Å². The maximum Gasteiger partial charge on any atom is 0.214 e. The lowest BCUT2D eigenvalue weighted by molar-refractivity contribution is 0.288. The van der Waals surface area contributed by atoms with E-state index in [0.717, 1.165) is 41.8 Å². The number of benzene rings is 1. The van der Waals surface area contributed by atoms with Crippen LogP contribution in [-0.4, -0.2) is 9.97 Å². The monoisotopic (exact) mass is 320 g/mol. The Bertz CT molecular complexity index is 865. The molecule has 0 aliphatic heterocycles. The summed E-state index contributed by atoms with van der Waals surface area (Å²) in [7, 11) is 0. The minimum atomic E-state index is -0.230. The smallest absolute Gasteiger partial charge is 0.214 e. The average molecular weight is 320 g/mol. The Morgan fingerprint density at radius 3 is 2.83 bits per heavy atom. The summed E-state index contributed by atoms with van der Waals surface area (Å²) in [6.45, 7) is 0.370. The van der Waals surface area contributed by atoms with Crippen molar-refractivity contribution in [2.75, 3.05) is 0 Å². The van der Waals surface area contributed by atoms with E-state index in [1.807, 2.05) is 30.3 Å². The Kier molecular flexibility index (Phi) is 3.95. The van der Waals surface area contributed by atoms with Crippen LogP contribution in [-0.2, 0) is 19.4 Å². The minimum absolute atomic E-state index is 0.230.